The molecule has 0 nitrogen and oxygen atoms in total. The van der Waals surface area contributed by atoms with Crippen molar-refractivity contribution >= 4 is 0 Å². The second kappa shape index (κ2) is 12.0. The van der Waals surface area contributed by atoms with Gasteiger partial charge in [-0.2, -0.15) is 0 Å². The lowest BCUT2D eigenvalue weighted by Gasteiger charge is -2.32. The van der Waals surface area contributed by atoms with Crippen LogP contribution >= 0.6 is 0 Å². The van der Waals surface area contributed by atoms with Crippen molar-refractivity contribution in [3.63, 3.8) is 0 Å². The smallest absolute Gasteiger partial charge is 0.0352 e. The van der Waals surface area contributed by atoms with E-state index in [1.54, 1.807) is 51.4 Å². The molecule has 3 aliphatic rings. The van der Waals surface area contributed by atoms with Gasteiger partial charge in [-0.05, 0) is 73.5 Å². The van der Waals surface area contributed by atoms with Crippen molar-refractivity contribution in [2.45, 2.75) is 136 Å². The third-order valence-electron chi connectivity index (χ3n) is 9.39. The molecule has 0 spiro atoms. The van der Waals surface area contributed by atoms with Gasteiger partial charge in [-0.1, -0.05) is 104 Å². The minimum Gasteiger partial charge on any atom is -0.0654 e. The molecule has 3 aliphatic carbocycles. The summed E-state index contributed by atoms with van der Waals surface area (Å²) in [7, 11) is 0. The van der Waals surface area contributed by atoms with E-state index in [4.69, 9.17) is 0 Å². The van der Waals surface area contributed by atoms with Gasteiger partial charge in [-0.15, -0.1) is 0 Å². The Kier molecular flexibility index (Phi) is 9.72. The Morgan fingerprint density at radius 3 is 2.14 bits per heavy atom. The molecule has 28 heavy (non-hydrogen) atoms. The van der Waals surface area contributed by atoms with Gasteiger partial charge in [0.1, 0.15) is 0 Å². The Morgan fingerprint density at radius 2 is 1.39 bits per heavy atom. The number of hydrogen-bond donors (Lipinski definition) is 0. The fourth-order valence-electron chi connectivity index (χ4n) is 7.91. The van der Waals surface area contributed by atoms with E-state index in [1.807, 2.05) is 0 Å². The van der Waals surface area contributed by atoms with Gasteiger partial charge < -0.3 is 0 Å². The standard InChI is InChI=1S/C28H52/c1-4-6-8-17-26-25(16-12-11-15-23-13-9-7-10-14-23)18-19-27(26)28-21-22(3)20-24(28)5-2/h22-28H,4-21H2,1-3H3. The van der Waals surface area contributed by atoms with Crippen LogP contribution in [0.1, 0.15) is 136 Å². The average molecular weight is 389 g/mol. The van der Waals surface area contributed by atoms with Crippen LogP contribution in [-0.4, -0.2) is 0 Å². The lowest BCUT2D eigenvalue weighted by Crippen LogP contribution is -2.25. The number of rotatable bonds is 11. The first-order chi connectivity index (χ1) is 13.7. The molecule has 0 aromatic heterocycles. The molecule has 0 amide bonds. The maximum atomic E-state index is 2.53. The molecular weight excluding hydrogens is 336 g/mol. The summed E-state index contributed by atoms with van der Waals surface area (Å²) in [5.74, 6) is 7.50. The fraction of sp³-hybridized carbons (Fsp3) is 1.00. The van der Waals surface area contributed by atoms with Crippen LogP contribution in [0, 0.1) is 41.4 Å². The lowest BCUT2D eigenvalue weighted by molar-refractivity contribution is 0.166. The first-order valence-corrected chi connectivity index (χ1v) is 13.7. The second-order valence-electron chi connectivity index (χ2n) is 11.4. The molecule has 0 aromatic carbocycles. The predicted octanol–water partition coefficient (Wildman–Crippen LogP) is 9.42. The topological polar surface area (TPSA) is 0 Å². The SMILES string of the molecule is CCCCCC1C(CCCCC2CCCCC2)CCC1C1CC(C)CC1CC. The highest BCUT2D eigenvalue weighted by atomic mass is 14.5. The van der Waals surface area contributed by atoms with Crippen LogP contribution in [0.3, 0.4) is 0 Å². The van der Waals surface area contributed by atoms with Crippen LogP contribution in [-0.2, 0) is 0 Å². The van der Waals surface area contributed by atoms with Gasteiger partial charge in [0.05, 0.1) is 0 Å². The summed E-state index contributed by atoms with van der Waals surface area (Å²) in [6, 6.07) is 0. The zero-order chi connectivity index (χ0) is 19.8. The summed E-state index contributed by atoms with van der Waals surface area (Å²) in [5.41, 5.74) is 0. The van der Waals surface area contributed by atoms with Gasteiger partial charge in [-0.25, -0.2) is 0 Å². The van der Waals surface area contributed by atoms with Crippen molar-refractivity contribution in [2.75, 3.05) is 0 Å². The third-order valence-corrected chi connectivity index (χ3v) is 9.39. The van der Waals surface area contributed by atoms with Gasteiger partial charge in [0.2, 0.25) is 0 Å². The number of hydrogen-bond acceptors (Lipinski definition) is 0. The predicted molar refractivity (Wildman–Crippen MR) is 125 cm³/mol. The maximum Gasteiger partial charge on any atom is -0.0352 e. The quantitative estimate of drug-likeness (QED) is 0.309. The first-order valence-electron chi connectivity index (χ1n) is 13.7. The minimum absolute atomic E-state index is 1.00. The monoisotopic (exact) mass is 388 g/mol. The van der Waals surface area contributed by atoms with Crippen molar-refractivity contribution in [2.24, 2.45) is 41.4 Å². The minimum atomic E-state index is 1.00. The van der Waals surface area contributed by atoms with Crippen molar-refractivity contribution < 1.29 is 0 Å². The number of unbranched alkanes of at least 4 members (excludes halogenated alkanes) is 3. The zero-order valence-electron chi connectivity index (χ0n) is 19.8. The van der Waals surface area contributed by atoms with E-state index in [0.717, 1.165) is 41.4 Å². The summed E-state index contributed by atoms with van der Waals surface area (Å²) in [4.78, 5) is 0. The maximum absolute atomic E-state index is 2.53. The van der Waals surface area contributed by atoms with Crippen LogP contribution < -0.4 is 0 Å². The molecule has 0 heterocycles. The second-order valence-corrected chi connectivity index (χ2v) is 11.4. The Hall–Kier alpha value is 0. The van der Waals surface area contributed by atoms with E-state index in [-0.39, 0.29) is 0 Å². The summed E-state index contributed by atoms with van der Waals surface area (Å²) in [6.07, 6.45) is 27.5. The van der Waals surface area contributed by atoms with E-state index in [1.165, 1.54) is 64.2 Å². The highest BCUT2D eigenvalue weighted by Gasteiger charge is 2.44. The molecule has 0 N–H and O–H groups in total. The van der Waals surface area contributed by atoms with Crippen LogP contribution in [0.25, 0.3) is 0 Å². The van der Waals surface area contributed by atoms with E-state index < -0.39 is 0 Å². The lowest BCUT2D eigenvalue weighted by atomic mass is 9.73. The molecule has 0 radical (unpaired) electrons. The highest BCUT2D eigenvalue weighted by Crippen LogP contribution is 2.53. The van der Waals surface area contributed by atoms with Gasteiger partial charge in [0.15, 0.2) is 0 Å². The van der Waals surface area contributed by atoms with Crippen molar-refractivity contribution in [3.05, 3.63) is 0 Å². The zero-order valence-corrected chi connectivity index (χ0v) is 19.8. The van der Waals surface area contributed by atoms with Gasteiger partial charge in [-0.3, -0.25) is 0 Å². The summed E-state index contributed by atoms with van der Waals surface area (Å²) in [6.45, 7) is 7.38. The van der Waals surface area contributed by atoms with Crippen LogP contribution in [0.2, 0.25) is 0 Å². The molecule has 3 rings (SSSR count). The van der Waals surface area contributed by atoms with E-state index >= 15 is 0 Å². The Balaban J connectivity index is 1.49. The molecule has 3 fully saturated rings. The normalized spacial score (nSPS) is 37.0. The summed E-state index contributed by atoms with van der Waals surface area (Å²) in [5, 5.41) is 0. The molecule has 0 aromatic rings. The third kappa shape index (κ3) is 6.25. The molecule has 0 aliphatic heterocycles. The Bertz CT molecular complexity index is 406. The van der Waals surface area contributed by atoms with Crippen molar-refractivity contribution in [1.82, 2.24) is 0 Å². The van der Waals surface area contributed by atoms with Crippen molar-refractivity contribution in [3.8, 4) is 0 Å². The van der Waals surface area contributed by atoms with Gasteiger partial charge in [0.25, 0.3) is 0 Å². The molecule has 3 saturated carbocycles. The summed E-state index contributed by atoms with van der Waals surface area (Å²) >= 11 is 0. The van der Waals surface area contributed by atoms with E-state index in [9.17, 15) is 0 Å². The Labute approximate surface area is 178 Å². The summed E-state index contributed by atoms with van der Waals surface area (Å²) < 4.78 is 0. The van der Waals surface area contributed by atoms with Gasteiger partial charge >= 0.3 is 0 Å². The molecule has 6 atom stereocenters. The van der Waals surface area contributed by atoms with Crippen molar-refractivity contribution in [1.29, 1.82) is 0 Å². The first kappa shape index (κ1) is 22.7. The molecule has 164 valence electrons. The van der Waals surface area contributed by atoms with Gasteiger partial charge in [0, 0.05) is 0 Å². The molecular formula is C28H52. The molecule has 0 saturated heterocycles. The highest BCUT2D eigenvalue weighted by molar-refractivity contribution is 4.94. The van der Waals surface area contributed by atoms with Crippen LogP contribution in [0.4, 0.5) is 0 Å². The van der Waals surface area contributed by atoms with Crippen LogP contribution in [0.5, 0.6) is 0 Å². The van der Waals surface area contributed by atoms with Crippen LogP contribution in [0.15, 0.2) is 0 Å². The molecule has 0 bridgehead atoms. The average Bonchev–Trinajstić information content (AvgIpc) is 3.29. The Morgan fingerprint density at radius 1 is 0.643 bits per heavy atom. The van der Waals surface area contributed by atoms with E-state index in [2.05, 4.69) is 20.8 Å². The molecule has 0 heteroatoms. The largest absolute Gasteiger partial charge is 0.0654 e. The molecule has 6 unspecified atom stereocenters. The fourth-order valence-corrected chi connectivity index (χ4v) is 7.91. The van der Waals surface area contributed by atoms with E-state index in [0.29, 0.717) is 0 Å².